The van der Waals surface area contributed by atoms with Crippen LogP contribution >= 0.6 is 0 Å². The second-order valence-electron chi connectivity index (χ2n) is 5.23. The number of rotatable bonds is 2. The van der Waals surface area contributed by atoms with Gasteiger partial charge in [0.05, 0.1) is 17.3 Å². The van der Waals surface area contributed by atoms with Crippen molar-refractivity contribution in [3.63, 3.8) is 0 Å². The zero-order valence-corrected chi connectivity index (χ0v) is 11.0. The molecule has 0 saturated carbocycles. The Hall–Kier alpha value is -1.88. The summed E-state index contributed by atoms with van der Waals surface area (Å²) in [4.78, 5) is 14.5. The fraction of sp³-hybridized carbons (Fsp3) is 0.429. The summed E-state index contributed by atoms with van der Waals surface area (Å²) in [5, 5.41) is 4.22. The highest BCUT2D eigenvalue weighted by molar-refractivity contribution is 6.00. The molecule has 2 unspecified atom stereocenters. The smallest absolute Gasteiger partial charge is 0.257 e. The Balaban J connectivity index is 1.92. The maximum Gasteiger partial charge on any atom is 0.257 e. The molecule has 1 amide bonds. The summed E-state index contributed by atoms with van der Waals surface area (Å²) in [5.74, 6) is 0.477. The van der Waals surface area contributed by atoms with E-state index in [1.165, 1.54) is 0 Å². The van der Waals surface area contributed by atoms with Gasteiger partial charge in [-0.2, -0.15) is 5.10 Å². The fourth-order valence-corrected chi connectivity index (χ4v) is 2.85. The number of fused-ring (bicyclic) bond motifs is 1. The van der Waals surface area contributed by atoms with Crippen LogP contribution in [0.1, 0.15) is 23.7 Å². The molecule has 2 atom stereocenters. The summed E-state index contributed by atoms with van der Waals surface area (Å²) < 4.78 is 1.73. The number of likely N-dealkylation sites (tertiary alicyclic amines) is 1. The van der Waals surface area contributed by atoms with Crippen LogP contribution in [0.25, 0.3) is 5.52 Å². The lowest BCUT2D eigenvalue weighted by Gasteiger charge is -2.20. The Bertz CT molecular complexity index is 606. The quantitative estimate of drug-likeness (QED) is 0.878. The number of aromatic nitrogens is 2. The molecule has 2 N–H and O–H groups in total. The first-order chi connectivity index (χ1) is 9.20. The normalized spacial score (nSPS) is 23.2. The minimum Gasteiger partial charge on any atom is -0.335 e. The van der Waals surface area contributed by atoms with Crippen molar-refractivity contribution >= 4 is 11.4 Å². The molecule has 0 aliphatic carbocycles. The van der Waals surface area contributed by atoms with Gasteiger partial charge < -0.3 is 10.6 Å². The van der Waals surface area contributed by atoms with E-state index in [1.807, 2.05) is 29.3 Å². The average Bonchev–Trinajstić information content (AvgIpc) is 3.01. The topological polar surface area (TPSA) is 63.6 Å². The maximum absolute atomic E-state index is 12.6. The van der Waals surface area contributed by atoms with E-state index >= 15 is 0 Å². The lowest BCUT2D eigenvalue weighted by molar-refractivity contribution is 0.0745. The molecule has 0 radical (unpaired) electrons. The number of pyridine rings is 1. The van der Waals surface area contributed by atoms with E-state index in [0.29, 0.717) is 18.0 Å². The van der Waals surface area contributed by atoms with E-state index in [4.69, 9.17) is 5.73 Å². The Kier molecular flexibility index (Phi) is 2.98. The fourth-order valence-electron chi connectivity index (χ4n) is 2.85. The van der Waals surface area contributed by atoms with Crippen LogP contribution in [-0.2, 0) is 0 Å². The summed E-state index contributed by atoms with van der Waals surface area (Å²) in [5.41, 5.74) is 7.24. The summed E-state index contributed by atoms with van der Waals surface area (Å²) >= 11 is 0. The molecular weight excluding hydrogens is 240 g/mol. The van der Waals surface area contributed by atoms with E-state index in [1.54, 1.807) is 10.7 Å². The first-order valence-corrected chi connectivity index (χ1v) is 6.64. The molecule has 1 aliphatic heterocycles. The number of hydrogen-bond donors (Lipinski definition) is 1. The van der Waals surface area contributed by atoms with E-state index in [9.17, 15) is 4.79 Å². The second-order valence-corrected chi connectivity index (χ2v) is 5.23. The van der Waals surface area contributed by atoms with Crippen molar-refractivity contribution in [2.45, 2.75) is 19.4 Å². The molecule has 0 spiro atoms. The molecule has 1 saturated heterocycles. The molecule has 3 rings (SSSR count). The first kappa shape index (κ1) is 12.2. The Morgan fingerprint density at radius 1 is 1.53 bits per heavy atom. The van der Waals surface area contributed by atoms with Crippen molar-refractivity contribution < 1.29 is 4.79 Å². The highest BCUT2D eigenvalue weighted by Crippen LogP contribution is 2.25. The molecular formula is C14H18N4O. The van der Waals surface area contributed by atoms with Crippen molar-refractivity contribution in [1.82, 2.24) is 14.5 Å². The zero-order valence-electron chi connectivity index (χ0n) is 11.0. The van der Waals surface area contributed by atoms with Crippen LogP contribution in [0.4, 0.5) is 0 Å². The molecule has 0 aromatic carbocycles. The van der Waals surface area contributed by atoms with Crippen LogP contribution in [0.3, 0.4) is 0 Å². The average molecular weight is 258 g/mol. The third-order valence-corrected chi connectivity index (χ3v) is 3.91. The Morgan fingerprint density at radius 2 is 2.37 bits per heavy atom. The van der Waals surface area contributed by atoms with Gasteiger partial charge in [-0.3, -0.25) is 4.79 Å². The van der Waals surface area contributed by atoms with Gasteiger partial charge in [0.2, 0.25) is 0 Å². The van der Waals surface area contributed by atoms with Crippen LogP contribution in [0.2, 0.25) is 0 Å². The zero-order chi connectivity index (χ0) is 13.4. The molecule has 5 heteroatoms. The predicted molar refractivity (Wildman–Crippen MR) is 72.9 cm³/mol. The van der Waals surface area contributed by atoms with E-state index in [-0.39, 0.29) is 11.9 Å². The van der Waals surface area contributed by atoms with Crippen LogP contribution in [0, 0.1) is 5.92 Å². The van der Waals surface area contributed by atoms with Crippen LogP contribution in [0.15, 0.2) is 30.6 Å². The van der Waals surface area contributed by atoms with Gasteiger partial charge in [-0.1, -0.05) is 6.07 Å². The predicted octanol–water partition coefficient (Wildman–Crippen LogP) is 1.14. The summed E-state index contributed by atoms with van der Waals surface area (Å²) in [6.45, 7) is 3.48. The van der Waals surface area contributed by atoms with E-state index in [0.717, 1.165) is 18.5 Å². The summed E-state index contributed by atoms with van der Waals surface area (Å²) in [7, 11) is 0. The van der Waals surface area contributed by atoms with Gasteiger partial charge >= 0.3 is 0 Å². The first-order valence-electron chi connectivity index (χ1n) is 6.64. The van der Waals surface area contributed by atoms with Crippen molar-refractivity contribution in [1.29, 1.82) is 0 Å². The minimum absolute atomic E-state index is 0.0599. The van der Waals surface area contributed by atoms with E-state index in [2.05, 4.69) is 12.0 Å². The SMILES string of the molecule is CC1CC(CN)CN1C(=O)c1cnn2ccccc12. The van der Waals surface area contributed by atoms with Gasteiger partial charge in [-0.05, 0) is 37.9 Å². The molecule has 5 nitrogen and oxygen atoms in total. The third kappa shape index (κ3) is 2.00. The molecule has 2 aromatic rings. The van der Waals surface area contributed by atoms with Gasteiger partial charge in [-0.15, -0.1) is 0 Å². The number of nitrogens with two attached hydrogens (primary N) is 1. The van der Waals surface area contributed by atoms with Gasteiger partial charge in [-0.25, -0.2) is 4.52 Å². The minimum atomic E-state index is 0.0599. The van der Waals surface area contributed by atoms with Gasteiger partial charge in [0.25, 0.3) is 5.91 Å². The monoisotopic (exact) mass is 258 g/mol. The van der Waals surface area contributed by atoms with Gasteiger partial charge in [0, 0.05) is 18.8 Å². The van der Waals surface area contributed by atoms with Gasteiger partial charge in [0.1, 0.15) is 0 Å². The second kappa shape index (κ2) is 4.66. The number of hydrogen-bond acceptors (Lipinski definition) is 3. The Morgan fingerprint density at radius 3 is 3.11 bits per heavy atom. The molecule has 19 heavy (non-hydrogen) atoms. The third-order valence-electron chi connectivity index (χ3n) is 3.91. The van der Waals surface area contributed by atoms with Gasteiger partial charge in [0.15, 0.2) is 0 Å². The number of carbonyl (C=O) groups is 1. The van der Waals surface area contributed by atoms with Crippen LogP contribution in [0.5, 0.6) is 0 Å². The Labute approximate surface area is 112 Å². The van der Waals surface area contributed by atoms with Crippen molar-refractivity contribution in [2.24, 2.45) is 11.7 Å². The number of amides is 1. The number of nitrogens with zero attached hydrogens (tertiary/aromatic N) is 3. The molecule has 3 heterocycles. The van der Waals surface area contributed by atoms with Crippen molar-refractivity contribution in [3.05, 3.63) is 36.2 Å². The molecule has 1 fully saturated rings. The number of carbonyl (C=O) groups excluding carboxylic acids is 1. The lowest BCUT2D eigenvalue weighted by atomic mass is 10.1. The van der Waals surface area contributed by atoms with Crippen LogP contribution < -0.4 is 5.73 Å². The highest BCUT2D eigenvalue weighted by atomic mass is 16.2. The largest absolute Gasteiger partial charge is 0.335 e. The maximum atomic E-state index is 12.6. The summed E-state index contributed by atoms with van der Waals surface area (Å²) in [6, 6.07) is 5.99. The molecule has 1 aliphatic rings. The molecule has 0 bridgehead atoms. The van der Waals surface area contributed by atoms with Crippen molar-refractivity contribution in [3.8, 4) is 0 Å². The molecule has 2 aromatic heterocycles. The van der Waals surface area contributed by atoms with Crippen LogP contribution in [-0.4, -0.2) is 39.6 Å². The standard InChI is InChI=1S/C14H18N4O/c1-10-6-11(7-15)9-17(10)14(19)12-8-16-18-5-3-2-4-13(12)18/h2-5,8,10-11H,6-7,9,15H2,1H3. The molecule has 100 valence electrons. The van der Waals surface area contributed by atoms with E-state index < -0.39 is 0 Å². The summed E-state index contributed by atoms with van der Waals surface area (Å²) in [6.07, 6.45) is 4.49. The van der Waals surface area contributed by atoms with Crippen molar-refractivity contribution in [2.75, 3.05) is 13.1 Å². The lowest BCUT2D eigenvalue weighted by Crippen LogP contribution is -2.34. The highest BCUT2D eigenvalue weighted by Gasteiger charge is 2.33.